The van der Waals surface area contributed by atoms with E-state index < -0.39 is 0 Å². The summed E-state index contributed by atoms with van der Waals surface area (Å²) in [6.45, 7) is 1.58. The molecule has 0 radical (unpaired) electrons. The van der Waals surface area contributed by atoms with Crippen molar-refractivity contribution in [2.24, 2.45) is 0 Å². The Bertz CT molecular complexity index is 575. The van der Waals surface area contributed by atoms with Gasteiger partial charge in [0.15, 0.2) is 0 Å². The van der Waals surface area contributed by atoms with Crippen LogP contribution in [0.2, 0.25) is 0 Å². The highest BCUT2D eigenvalue weighted by Crippen LogP contribution is 2.14. The molecule has 2 aromatic rings. The molecular formula is C17H18N2O. The van der Waals surface area contributed by atoms with Gasteiger partial charge in [-0.25, -0.2) is 0 Å². The van der Waals surface area contributed by atoms with Gasteiger partial charge in [-0.05, 0) is 36.8 Å². The molecular weight excluding hydrogens is 248 g/mol. The van der Waals surface area contributed by atoms with E-state index >= 15 is 0 Å². The number of rotatable bonds is 6. The zero-order chi connectivity index (χ0) is 14.2. The Labute approximate surface area is 120 Å². The molecule has 0 saturated carbocycles. The molecule has 102 valence electrons. The lowest BCUT2D eigenvalue weighted by Crippen LogP contribution is -2.20. The van der Waals surface area contributed by atoms with Crippen molar-refractivity contribution >= 4 is 5.69 Å². The lowest BCUT2D eigenvalue weighted by atomic mass is 10.2. The molecule has 0 heterocycles. The zero-order valence-electron chi connectivity index (χ0n) is 11.6. The third-order valence-electron chi connectivity index (χ3n) is 3.07. The molecule has 3 heteroatoms. The minimum Gasteiger partial charge on any atom is -0.493 e. The van der Waals surface area contributed by atoms with Gasteiger partial charge in [-0.3, -0.25) is 0 Å². The lowest BCUT2D eigenvalue weighted by molar-refractivity contribution is 0.312. The van der Waals surface area contributed by atoms with Gasteiger partial charge in [0, 0.05) is 19.3 Å². The summed E-state index contributed by atoms with van der Waals surface area (Å²) in [5, 5.41) is 8.82. The van der Waals surface area contributed by atoms with Crippen molar-refractivity contribution in [2.75, 3.05) is 25.1 Å². The summed E-state index contributed by atoms with van der Waals surface area (Å²) in [5.74, 6) is 0.756. The van der Waals surface area contributed by atoms with Crippen LogP contribution >= 0.6 is 0 Å². The van der Waals surface area contributed by atoms with E-state index in [0.717, 1.165) is 18.7 Å². The summed E-state index contributed by atoms with van der Waals surface area (Å²) in [5.41, 5.74) is 1.84. The largest absolute Gasteiger partial charge is 0.493 e. The fraction of sp³-hybridized carbons (Fsp3) is 0.235. The van der Waals surface area contributed by atoms with E-state index in [4.69, 9.17) is 10.00 Å². The molecule has 2 rings (SSSR count). The molecule has 0 atom stereocenters. The third-order valence-corrected chi connectivity index (χ3v) is 3.07. The summed E-state index contributed by atoms with van der Waals surface area (Å²) >= 11 is 0. The van der Waals surface area contributed by atoms with E-state index in [9.17, 15) is 0 Å². The number of anilines is 1. The maximum absolute atomic E-state index is 8.82. The van der Waals surface area contributed by atoms with Crippen molar-refractivity contribution in [3.05, 3.63) is 60.2 Å². The number of hydrogen-bond donors (Lipinski definition) is 0. The number of benzene rings is 2. The summed E-state index contributed by atoms with van der Waals surface area (Å²) in [7, 11) is 2.08. The molecule has 20 heavy (non-hydrogen) atoms. The summed E-state index contributed by atoms with van der Waals surface area (Å²) in [6, 6.07) is 19.6. The van der Waals surface area contributed by atoms with Gasteiger partial charge in [0.1, 0.15) is 5.75 Å². The third kappa shape index (κ3) is 4.03. The molecule has 0 saturated heterocycles. The number of nitriles is 1. The van der Waals surface area contributed by atoms with Crippen molar-refractivity contribution in [1.82, 2.24) is 0 Å². The first-order valence-electron chi connectivity index (χ1n) is 6.69. The van der Waals surface area contributed by atoms with Gasteiger partial charge >= 0.3 is 0 Å². The van der Waals surface area contributed by atoms with Crippen LogP contribution < -0.4 is 9.64 Å². The summed E-state index contributed by atoms with van der Waals surface area (Å²) in [4.78, 5) is 2.20. The van der Waals surface area contributed by atoms with Crippen LogP contribution in [-0.4, -0.2) is 20.2 Å². The van der Waals surface area contributed by atoms with Gasteiger partial charge in [0.05, 0.1) is 18.2 Å². The van der Waals surface area contributed by atoms with Crippen molar-refractivity contribution < 1.29 is 4.74 Å². The molecule has 0 aliphatic rings. The highest BCUT2D eigenvalue weighted by molar-refractivity contribution is 5.44. The highest BCUT2D eigenvalue weighted by Gasteiger charge is 2.00. The van der Waals surface area contributed by atoms with Crippen LogP contribution in [0.4, 0.5) is 5.69 Å². The average molecular weight is 266 g/mol. The Balaban J connectivity index is 1.75. The number of ether oxygens (including phenoxy) is 1. The van der Waals surface area contributed by atoms with Gasteiger partial charge in [-0.1, -0.05) is 24.3 Å². The molecule has 0 N–H and O–H groups in total. The van der Waals surface area contributed by atoms with E-state index in [2.05, 4.69) is 30.1 Å². The number of hydrogen-bond acceptors (Lipinski definition) is 3. The van der Waals surface area contributed by atoms with Crippen LogP contribution in [0.25, 0.3) is 0 Å². The number of para-hydroxylation sites is 1. The molecule has 0 aromatic heterocycles. The Morgan fingerprint density at radius 3 is 2.65 bits per heavy atom. The predicted molar refractivity (Wildman–Crippen MR) is 81.0 cm³/mol. The van der Waals surface area contributed by atoms with Crippen molar-refractivity contribution in [3.63, 3.8) is 0 Å². The van der Waals surface area contributed by atoms with E-state index in [-0.39, 0.29) is 0 Å². The average Bonchev–Trinajstić information content (AvgIpc) is 2.52. The fourth-order valence-corrected chi connectivity index (χ4v) is 1.96. The molecule has 0 amide bonds. The molecule has 3 nitrogen and oxygen atoms in total. The summed E-state index contributed by atoms with van der Waals surface area (Å²) in [6.07, 6.45) is 0.933. The molecule has 0 unspecified atom stereocenters. The van der Waals surface area contributed by atoms with Gasteiger partial charge in [-0.2, -0.15) is 5.26 Å². The maximum Gasteiger partial charge on any atom is 0.120 e. The minimum atomic E-state index is 0.629. The molecule has 0 spiro atoms. The van der Waals surface area contributed by atoms with E-state index in [1.165, 1.54) is 5.69 Å². The van der Waals surface area contributed by atoms with Crippen LogP contribution in [0.15, 0.2) is 54.6 Å². The molecule has 0 fully saturated rings. The van der Waals surface area contributed by atoms with Gasteiger partial charge in [-0.15, -0.1) is 0 Å². The number of nitrogens with zero attached hydrogens (tertiary/aromatic N) is 2. The van der Waals surface area contributed by atoms with Crippen LogP contribution in [0.3, 0.4) is 0 Å². The Kier molecular flexibility index (Phi) is 5.02. The van der Waals surface area contributed by atoms with Gasteiger partial charge < -0.3 is 9.64 Å². The first kappa shape index (κ1) is 14.0. The predicted octanol–water partition coefficient (Wildman–Crippen LogP) is 3.46. The maximum atomic E-state index is 8.82. The Morgan fingerprint density at radius 1 is 1.10 bits per heavy atom. The lowest BCUT2D eigenvalue weighted by Gasteiger charge is -2.19. The van der Waals surface area contributed by atoms with Crippen molar-refractivity contribution in [1.29, 1.82) is 5.26 Å². The Hall–Kier alpha value is -2.47. The highest BCUT2D eigenvalue weighted by atomic mass is 16.5. The van der Waals surface area contributed by atoms with Crippen LogP contribution in [0, 0.1) is 11.3 Å². The SMILES string of the molecule is CN(CCCOc1cccc(C#N)c1)c1ccccc1. The Morgan fingerprint density at radius 2 is 1.90 bits per heavy atom. The van der Waals surface area contributed by atoms with Crippen molar-refractivity contribution in [3.8, 4) is 11.8 Å². The van der Waals surface area contributed by atoms with Crippen LogP contribution in [0.1, 0.15) is 12.0 Å². The molecule has 0 bridgehead atoms. The van der Waals surface area contributed by atoms with Crippen LogP contribution in [0.5, 0.6) is 5.75 Å². The fourth-order valence-electron chi connectivity index (χ4n) is 1.96. The second-order valence-electron chi connectivity index (χ2n) is 4.60. The molecule has 0 aliphatic heterocycles. The van der Waals surface area contributed by atoms with E-state index in [1.54, 1.807) is 12.1 Å². The first-order chi connectivity index (χ1) is 9.79. The normalized spacial score (nSPS) is 9.80. The summed E-state index contributed by atoms with van der Waals surface area (Å²) < 4.78 is 5.66. The smallest absolute Gasteiger partial charge is 0.120 e. The molecule has 0 aliphatic carbocycles. The first-order valence-corrected chi connectivity index (χ1v) is 6.69. The quantitative estimate of drug-likeness (QED) is 0.751. The van der Waals surface area contributed by atoms with E-state index in [0.29, 0.717) is 12.2 Å². The zero-order valence-corrected chi connectivity index (χ0v) is 11.6. The van der Waals surface area contributed by atoms with Gasteiger partial charge in [0.2, 0.25) is 0 Å². The van der Waals surface area contributed by atoms with E-state index in [1.807, 2.05) is 30.3 Å². The topological polar surface area (TPSA) is 36.3 Å². The monoisotopic (exact) mass is 266 g/mol. The molecule has 2 aromatic carbocycles. The van der Waals surface area contributed by atoms with Gasteiger partial charge in [0.25, 0.3) is 0 Å². The van der Waals surface area contributed by atoms with Crippen LogP contribution in [-0.2, 0) is 0 Å². The second kappa shape index (κ2) is 7.20. The second-order valence-corrected chi connectivity index (χ2v) is 4.60. The van der Waals surface area contributed by atoms with Crippen molar-refractivity contribution in [2.45, 2.75) is 6.42 Å². The minimum absolute atomic E-state index is 0.629. The standard InChI is InChI=1S/C17H18N2O/c1-19(16-8-3-2-4-9-16)11-6-12-20-17-10-5-7-15(13-17)14-18/h2-5,7-10,13H,6,11-12H2,1H3.